The SMILES string of the molecule is CN(Cc1ccc(S(=O)C2CCCCCC2)cn1)C(=O)c1ccc2nccn2c1. The molecule has 0 aromatic carbocycles. The fourth-order valence-electron chi connectivity index (χ4n) is 3.85. The third-order valence-corrected chi connectivity index (χ3v) is 7.30. The van der Waals surface area contributed by atoms with E-state index in [9.17, 15) is 9.00 Å². The number of imidazole rings is 1. The van der Waals surface area contributed by atoms with E-state index in [1.807, 2.05) is 28.8 Å². The molecule has 7 heteroatoms. The maximum Gasteiger partial charge on any atom is 0.255 e. The maximum absolute atomic E-state index is 12.9. The van der Waals surface area contributed by atoms with E-state index in [1.165, 1.54) is 25.7 Å². The van der Waals surface area contributed by atoms with E-state index < -0.39 is 10.8 Å². The summed E-state index contributed by atoms with van der Waals surface area (Å²) in [6.45, 7) is 0.400. The first kappa shape index (κ1) is 19.8. The Bertz CT molecular complexity index is 1010. The molecule has 0 spiro atoms. The first-order valence-electron chi connectivity index (χ1n) is 10.2. The maximum atomic E-state index is 12.9. The molecule has 1 aliphatic carbocycles. The van der Waals surface area contributed by atoms with Crippen molar-refractivity contribution in [3.63, 3.8) is 0 Å². The fourth-order valence-corrected chi connectivity index (χ4v) is 5.36. The number of hydrogen-bond donors (Lipinski definition) is 0. The number of amides is 1. The standard InChI is InChI=1S/C22H26N4O2S/c1-25(22(27)17-8-11-21-23-12-13-26(21)15-17)16-18-9-10-20(14-24-18)29(28)19-6-4-2-3-5-7-19/h8-15,19H,2-7,16H2,1H3. The second kappa shape index (κ2) is 8.86. The van der Waals surface area contributed by atoms with Crippen molar-refractivity contribution < 1.29 is 9.00 Å². The van der Waals surface area contributed by atoms with Crippen LogP contribution >= 0.6 is 0 Å². The summed E-state index contributed by atoms with van der Waals surface area (Å²) in [6, 6.07) is 7.40. The van der Waals surface area contributed by atoms with Crippen LogP contribution in [0.2, 0.25) is 0 Å². The first-order valence-corrected chi connectivity index (χ1v) is 11.4. The molecule has 3 aromatic heterocycles. The van der Waals surface area contributed by atoms with Gasteiger partial charge in [-0.1, -0.05) is 25.7 Å². The van der Waals surface area contributed by atoms with Crippen molar-refractivity contribution in [2.75, 3.05) is 7.05 Å². The molecule has 4 rings (SSSR count). The van der Waals surface area contributed by atoms with Crippen LogP contribution in [0.25, 0.3) is 5.65 Å². The Kier molecular flexibility index (Phi) is 6.04. The van der Waals surface area contributed by atoms with Gasteiger partial charge in [-0.2, -0.15) is 0 Å². The van der Waals surface area contributed by atoms with E-state index in [0.29, 0.717) is 12.1 Å². The molecule has 1 aliphatic rings. The van der Waals surface area contributed by atoms with Gasteiger partial charge in [-0.15, -0.1) is 0 Å². The summed E-state index contributed by atoms with van der Waals surface area (Å²) >= 11 is 0. The molecule has 29 heavy (non-hydrogen) atoms. The minimum absolute atomic E-state index is 0.0755. The lowest BCUT2D eigenvalue weighted by atomic mass is 10.2. The Hall–Kier alpha value is -2.54. The monoisotopic (exact) mass is 410 g/mol. The van der Waals surface area contributed by atoms with Crippen molar-refractivity contribution in [2.45, 2.75) is 55.2 Å². The Balaban J connectivity index is 1.40. The summed E-state index contributed by atoms with van der Waals surface area (Å²) < 4.78 is 14.7. The van der Waals surface area contributed by atoms with Gasteiger partial charge in [-0.25, -0.2) is 4.98 Å². The number of aromatic nitrogens is 3. The van der Waals surface area contributed by atoms with Crippen LogP contribution in [0.4, 0.5) is 0 Å². The zero-order valence-corrected chi connectivity index (χ0v) is 17.5. The number of rotatable bonds is 5. The molecule has 1 fully saturated rings. The summed E-state index contributed by atoms with van der Waals surface area (Å²) in [5.41, 5.74) is 2.19. The minimum atomic E-state index is -1.00. The molecule has 152 valence electrons. The van der Waals surface area contributed by atoms with E-state index in [0.717, 1.165) is 29.1 Å². The van der Waals surface area contributed by atoms with Crippen LogP contribution in [-0.4, -0.2) is 41.7 Å². The van der Waals surface area contributed by atoms with Gasteiger partial charge in [0.05, 0.1) is 33.5 Å². The third-order valence-electron chi connectivity index (χ3n) is 5.52. The highest BCUT2D eigenvalue weighted by Gasteiger charge is 2.20. The molecule has 0 saturated heterocycles. The Morgan fingerprint density at radius 2 is 1.93 bits per heavy atom. The summed E-state index contributed by atoms with van der Waals surface area (Å²) in [5, 5.41) is 0.243. The molecular formula is C22H26N4O2S. The number of nitrogens with zero attached hydrogens (tertiary/aromatic N) is 4. The molecule has 1 atom stereocenters. The molecule has 0 bridgehead atoms. The van der Waals surface area contributed by atoms with Crippen molar-refractivity contribution in [1.29, 1.82) is 0 Å². The zero-order valence-electron chi connectivity index (χ0n) is 16.7. The van der Waals surface area contributed by atoms with Crippen LogP contribution in [0.15, 0.2) is 53.9 Å². The summed E-state index contributed by atoms with van der Waals surface area (Å²) in [5.74, 6) is -0.0755. The zero-order chi connectivity index (χ0) is 20.2. The molecule has 6 nitrogen and oxygen atoms in total. The highest BCUT2D eigenvalue weighted by molar-refractivity contribution is 7.85. The molecule has 3 aromatic rings. The van der Waals surface area contributed by atoms with Crippen molar-refractivity contribution >= 4 is 22.4 Å². The number of fused-ring (bicyclic) bond motifs is 1. The number of carbonyl (C=O) groups excluding carboxylic acids is 1. The fraction of sp³-hybridized carbons (Fsp3) is 0.409. The smallest absolute Gasteiger partial charge is 0.255 e. The summed E-state index contributed by atoms with van der Waals surface area (Å²) in [7, 11) is 0.762. The van der Waals surface area contributed by atoms with Gasteiger partial charge < -0.3 is 9.30 Å². The molecule has 1 unspecified atom stereocenters. The van der Waals surface area contributed by atoms with Crippen LogP contribution in [-0.2, 0) is 17.3 Å². The number of hydrogen-bond acceptors (Lipinski definition) is 4. The van der Waals surface area contributed by atoms with Crippen molar-refractivity contribution in [3.05, 3.63) is 60.3 Å². The van der Waals surface area contributed by atoms with Gasteiger partial charge in [0, 0.05) is 37.1 Å². The molecule has 0 radical (unpaired) electrons. The first-order chi connectivity index (χ1) is 14.1. The molecule has 1 amide bonds. The second-order valence-corrected chi connectivity index (χ2v) is 9.40. The molecule has 0 aliphatic heterocycles. The number of pyridine rings is 2. The Labute approximate surface area is 173 Å². The van der Waals surface area contributed by atoms with Gasteiger partial charge in [-0.05, 0) is 37.1 Å². The van der Waals surface area contributed by atoms with Crippen LogP contribution < -0.4 is 0 Å². The topological polar surface area (TPSA) is 67.6 Å². The lowest BCUT2D eigenvalue weighted by Gasteiger charge is -2.17. The molecule has 1 saturated carbocycles. The van der Waals surface area contributed by atoms with Crippen LogP contribution in [0, 0.1) is 0 Å². The number of carbonyl (C=O) groups is 1. The van der Waals surface area contributed by atoms with Crippen LogP contribution in [0.1, 0.15) is 54.6 Å². The summed E-state index contributed by atoms with van der Waals surface area (Å²) in [6.07, 6.45) is 13.9. The molecule has 0 N–H and O–H groups in total. The normalized spacial score (nSPS) is 16.4. The third kappa shape index (κ3) is 4.56. The lowest BCUT2D eigenvalue weighted by molar-refractivity contribution is 0.0783. The Morgan fingerprint density at radius 1 is 1.14 bits per heavy atom. The van der Waals surface area contributed by atoms with Crippen LogP contribution in [0.5, 0.6) is 0 Å². The van der Waals surface area contributed by atoms with E-state index in [1.54, 1.807) is 36.6 Å². The van der Waals surface area contributed by atoms with Gasteiger partial charge in [-0.3, -0.25) is 14.0 Å². The average molecular weight is 411 g/mol. The van der Waals surface area contributed by atoms with E-state index in [4.69, 9.17) is 0 Å². The van der Waals surface area contributed by atoms with E-state index in [2.05, 4.69) is 9.97 Å². The summed E-state index contributed by atoms with van der Waals surface area (Å²) in [4.78, 5) is 23.8. The van der Waals surface area contributed by atoms with Crippen molar-refractivity contribution in [2.24, 2.45) is 0 Å². The van der Waals surface area contributed by atoms with Gasteiger partial charge in [0.15, 0.2) is 0 Å². The predicted octanol–water partition coefficient (Wildman–Crippen LogP) is 3.83. The van der Waals surface area contributed by atoms with Gasteiger partial charge in [0.25, 0.3) is 5.91 Å². The minimum Gasteiger partial charge on any atom is -0.336 e. The second-order valence-electron chi connectivity index (χ2n) is 7.67. The van der Waals surface area contributed by atoms with Crippen molar-refractivity contribution in [1.82, 2.24) is 19.3 Å². The highest BCUT2D eigenvalue weighted by Crippen LogP contribution is 2.25. The molecule has 3 heterocycles. The molecular weight excluding hydrogens is 384 g/mol. The quantitative estimate of drug-likeness (QED) is 0.600. The Morgan fingerprint density at radius 3 is 2.66 bits per heavy atom. The largest absolute Gasteiger partial charge is 0.336 e. The van der Waals surface area contributed by atoms with Crippen molar-refractivity contribution in [3.8, 4) is 0 Å². The van der Waals surface area contributed by atoms with E-state index in [-0.39, 0.29) is 11.2 Å². The predicted molar refractivity (Wildman–Crippen MR) is 113 cm³/mol. The van der Waals surface area contributed by atoms with Gasteiger partial charge in [0.2, 0.25) is 0 Å². The highest BCUT2D eigenvalue weighted by atomic mass is 32.2. The lowest BCUT2D eigenvalue weighted by Crippen LogP contribution is -2.26. The van der Waals surface area contributed by atoms with E-state index >= 15 is 0 Å². The van der Waals surface area contributed by atoms with Gasteiger partial charge in [0.1, 0.15) is 5.65 Å². The average Bonchev–Trinajstić information content (AvgIpc) is 3.05. The van der Waals surface area contributed by atoms with Gasteiger partial charge >= 0.3 is 0 Å². The van der Waals surface area contributed by atoms with Crippen LogP contribution in [0.3, 0.4) is 0 Å².